The number of aromatic nitrogens is 4. The molecule has 0 radical (unpaired) electrons. The third kappa shape index (κ3) is 4.82. The summed E-state index contributed by atoms with van der Waals surface area (Å²) < 4.78 is 50.9. The number of piperidine rings is 1. The summed E-state index contributed by atoms with van der Waals surface area (Å²) in [5.41, 5.74) is 7.69. The van der Waals surface area contributed by atoms with Crippen molar-refractivity contribution < 1.29 is 16.8 Å². The normalized spacial score (nSPS) is 15.6. The lowest BCUT2D eigenvalue weighted by Gasteiger charge is -2.23. The first-order valence-electron chi connectivity index (χ1n) is 10.4. The number of tetrazole rings is 1. The van der Waals surface area contributed by atoms with E-state index >= 15 is 0 Å². The highest BCUT2D eigenvalue weighted by atomic mass is 32.2. The Labute approximate surface area is 191 Å². The van der Waals surface area contributed by atoms with Gasteiger partial charge in [0.05, 0.1) is 16.2 Å². The van der Waals surface area contributed by atoms with Gasteiger partial charge in [0.1, 0.15) is 4.90 Å². The van der Waals surface area contributed by atoms with Crippen molar-refractivity contribution in [2.24, 2.45) is 10.9 Å². The first-order chi connectivity index (χ1) is 15.7. The minimum Gasteiger partial charge on any atom is -0.329 e. The molecule has 6 N–H and O–H groups in total. The summed E-state index contributed by atoms with van der Waals surface area (Å²) in [4.78, 5) is -1.01. The second-order valence-electron chi connectivity index (χ2n) is 7.85. The number of hydrogen-bond donors (Lipinski definition) is 4. The topological polar surface area (TPSA) is 187 Å². The Hall–Kier alpha value is -2.71. The van der Waals surface area contributed by atoms with Crippen molar-refractivity contribution in [3.05, 3.63) is 42.0 Å². The van der Waals surface area contributed by atoms with Crippen LogP contribution in [0.1, 0.15) is 24.3 Å². The number of nitrogens with zero attached hydrogens (tertiary/aromatic N) is 3. The summed E-state index contributed by atoms with van der Waals surface area (Å²) in [6, 6.07) is 10.5. The Morgan fingerprint density at radius 1 is 1.00 bits per heavy atom. The van der Waals surface area contributed by atoms with E-state index < -0.39 is 35.4 Å². The molecule has 13 heteroatoms. The Bertz CT molecular complexity index is 1330. The Morgan fingerprint density at radius 2 is 1.70 bits per heavy atom. The molecule has 1 fully saturated rings. The van der Waals surface area contributed by atoms with Gasteiger partial charge in [-0.3, -0.25) is 0 Å². The molecule has 1 aliphatic rings. The number of primary sulfonamides is 1. The molecular weight excluding hydrogens is 466 g/mol. The van der Waals surface area contributed by atoms with Crippen LogP contribution in [0.4, 0.5) is 0 Å². The van der Waals surface area contributed by atoms with E-state index in [1.54, 1.807) is 0 Å². The summed E-state index contributed by atoms with van der Waals surface area (Å²) in [5, 5.41) is 22.5. The number of sulfone groups is 1. The van der Waals surface area contributed by atoms with Crippen molar-refractivity contribution >= 4 is 19.9 Å². The molecule has 0 saturated carbocycles. The first-order valence-corrected chi connectivity index (χ1v) is 13.6. The van der Waals surface area contributed by atoms with Crippen molar-refractivity contribution in [3.63, 3.8) is 0 Å². The van der Waals surface area contributed by atoms with Gasteiger partial charge in [-0.1, -0.05) is 30.3 Å². The highest BCUT2D eigenvalue weighted by Crippen LogP contribution is 2.39. The minimum absolute atomic E-state index is 0.0287. The third-order valence-electron chi connectivity index (χ3n) is 5.73. The lowest BCUT2D eigenvalue weighted by Crippen LogP contribution is -2.26. The van der Waals surface area contributed by atoms with Crippen molar-refractivity contribution in [1.29, 1.82) is 0 Å². The zero-order valence-electron chi connectivity index (χ0n) is 17.7. The van der Waals surface area contributed by atoms with Gasteiger partial charge in [-0.05, 0) is 59.8 Å². The SMILES string of the molecule is NCCS(=O)(=O)c1ccc(-c2ccc(C3CCNCC3)cc2)c(-c2nn[nH]n2)c1S(N)(=O)=O. The lowest BCUT2D eigenvalue weighted by molar-refractivity contribution is 0.460. The zero-order valence-corrected chi connectivity index (χ0v) is 19.4. The Balaban J connectivity index is 1.92. The smallest absolute Gasteiger partial charge is 0.240 e. The second kappa shape index (κ2) is 9.27. The number of nitrogens with two attached hydrogens (primary N) is 2. The predicted octanol–water partition coefficient (Wildman–Crippen LogP) is 0.381. The second-order valence-corrected chi connectivity index (χ2v) is 11.4. The molecule has 2 aromatic carbocycles. The number of aromatic amines is 1. The summed E-state index contributed by atoms with van der Waals surface area (Å²) in [5.74, 6) is -0.0760. The molecule has 3 aromatic rings. The van der Waals surface area contributed by atoms with Crippen LogP contribution < -0.4 is 16.2 Å². The maximum Gasteiger partial charge on any atom is 0.240 e. The van der Waals surface area contributed by atoms with Crippen LogP contribution in [0.25, 0.3) is 22.5 Å². The number of benzene rings is 2. The molecule has 1 aliphatic heterocycles. The quantitative estimate of drug-likeness (QED) is 0.362. The maximum absolute atomic E-state index is 12.8. The largest absolute Gasteiger partial charge is 0.329 e. The number of hydrogen-bond acceptors (Lipinski definition) is 9. The summed E-state index contributed by atoms with van der Waals surface area (Å²) in [6.45, 7) is 1.75. The Morgan fingerprint density at radius 3 is 2.27 bits per heavy atom. The van der Waals surface area contributed by atoms with Crippen LogP contribution in [0.5, 0.6) is 0 Å². The van der Waals surface area contributed by atoms with Crippen molar-refractivity contribution in [2.45, 2.75) is 28.6 Å². The van der Waals surface area contributed by atoms with E-state index in [9.17, 15) is 16.8 Å². The number of nitrogens with one attached hydrogen (secondary N) is 2. The van der Waals surface area contributed by atoms with Gasteiger partial charge >= 0.3 is 0 Å². The fourth-order valence-electron chi connectivity index (χ4n) is 4.18. The van der Waals surface area contributed by atoms with Crippen LogP contribution in [0, 0.1) is 0 Å². The van der Waals surface area contributed by atoms with Crippen LogP contribution in [0.3, 0.4) is 0 Å². The number of rotatable bonds is 7. The zero-order chi connectivity index (χ0) is 23.6. The van der Waals surface area contributed by atoms with Crippen LogP contribution in [0.2, 0.25) is 0 Å². The molecule has 2 heterocycles. The molecular formula is C20H25N7O4S2. The molecule has 0 spiro atoms. The van der Waals surface area contributed by atoms with E-state index in [1.807, 2.05) is 24.3 Å². The molecule has 0 amide bonds. The van der Waals surface area contributed by atoms with Gasteiger partial charge in [-0.2, -0.15) is 5.21 Å². The lowest BCUT2D eigenvalue weighted by atomic mass is 9.89. The standard InChI is InChI=1S/C20H25N7O4S2/c21-9-12-32(28,29)17-6-5-16(18(19(17)33(22,30)31)20-24-26-27-25-20)15-3-1-13(2-4-15)14-7-10-23-11-8-14/h1-6,14,23H,7-12,21H2,(H2,22,30,31)(H,24,25,26,27). The first kappa shape index (κ1) is 23.4. The molecule has 0 aliphatic carbocycles. The van der Waals surface area contributed by atoms with Crippen LogP contribution in [-0.2, 0) is 19.9 Å². The van der Waals surface area contributed by atoms with Gasteiger partial charge in [0, 0.05) is 6.54 Å². The van der Waals surface area contributed by atoms with E-state index in [4.69, 9.17) is 10.9 Å². The molecule has 4 rings (SSSR count). The molecule has 0 bridgehead atoms. The fraction of sp³-hybridized carbons (Fsp3) is 0.350. The van der Waals surface area contributed by atoms with Gasteiger partial charge in [0.15, 0.2) is 9.84 Å². The average Bonchev–Trinajstić information content (AvgIpc) is 3.33. The van der Waals surface area contributed by atoms with Crippen LogP contribution in [-0.4, -0.2) is 62.8 Å². The highest BCUT2D eigenvalue weighted by molar-refractivity contribution is 7.93. The van der Waals surface area contributed by atoms with E-state index in [2.05, 4.69) is 25.9 Å². The molecule has 33 heavy (non-hydrogen) atoms. The molecule has 1 aromatic heterocycles. The van der Waals surface area contributed by atoms with Crippen molar-refractivity contribution in [3.8, 4) is 22.5 Å². The van der Waals surface area contributed by atoms with Crippen molar-refractivity contribution in [2.75, 3.05) is 25.4 Å². The van der Waals surface area contributed by atoms with Crippen LogP contribution >= 0.6 is 0 Å². The fourth-order valence-corrected chi connectivity index (χ4v) is 6.93. The molecule has 0 atom stereocenters. The van der Waals surface area contributed by atoms with Gasteiger partial charge in [-0.25, -0.2) is 22.0 Å². The highest BCUT2D eigenvalue weighted by Gasteiger charge is 2.31. The third-order valence-corrected chi connectivity index (χ3v) is 8.63. The summed E-state index contributed by atoms with van der Waals surface area (Å²) >= 11 is 0. The summed E-state index contributed by atoms with van der Waals surface area (Å²) in [7, 11) is -8.53. The maximum atomic E-state index is 12.8. The van der Waals surface area contributed by atoms with Gasteiger partial charge in [0.2, 0.25) is 15.8 Å². The van der Waals surface area contributed by atoms with E-state index in [0.29, 0.717) is 17.0 Å². The Kier molecular flexibility index (Phi) is 6.59. The number of sulfonamides is 1. The average molecular weight is 492 g/mol. The van der Waals surface area contributed by atoms with Gasteiger partial charge in [0.25, 0.3) is 0 Å². The summed E-state index contributed by atoms with van der Waals surface area (Å²) in [6.07, 6.45) is 2.08. The molecule has 0 unspecified atom stereocenters. The molecule has 1 saturated heterocycles. The molecule has 11 nitrogen and oxygen atoms in total. The van der Waals surface area contributed by atoms with Crippen LogP contribution in [0.15, 0.2) is 46.2 Å². The molecule has 176 valence electrons. The predicted molar refractivity (Wildman–Crippen MR) is 122 cm³/mol. The van der Waals surface area contributed by atoms with Gasteiger partial charge < -0.3 is 11.1 Å². The van der Waals surface area contributed by atoms with E-state index in [1.165, 1.54) is 17.7 Å². The van der Waals surface area contributed by atoms with Crippen molar-refractivity contribution in [1.82, 2.24) is 25.9 Å². The van der Waals surface area contributed by atoms with Gasteiger partial charge in [-0.15, -0.1) is 10.2 Å². The minimum atomic E-state index is -4.50. The number of H-pyrrole nitrogens is 1. The van der Waals surface area contributed by atoms with E-state index in [-0.39, 0.29) is 17.9 Å². The van der Waals surface area contributed by atoms with E-state index in [0.717, 1.165) is 25.9 Å². The monoisotopic (exact) mass is 491 g/mol.